The van der Waals surface area contributed by atoms with Crippen LogP contribution in [0.1, 0.15) is 105 Å². The number of carbonyl (C=O) groups excluding carboxylic acids is 7. The van der Waals surface area contributed by atoms with Crippen molar-refractivity contribution in [1.82, 2.24) is 25.3 Å². The van der Waals surface area contributed by atoms with E-state index in [0.29, 0.717) is 25.9 Å². The summed E-state index contributed by atoms with van der Waals surface area (Å²) in [6.07, 6.45) is 5.41. The molecule has 1 saturated carbocycles. The number of amides is 6. The van der Waals surface area contributed by atoms with Crippen molar-refractivity contribution < 1.29 is 57.2 Å². The first-order valence-electron chi connectivity index (χ1n) is 24.9. The Bertz CT molecular complexity index is 1890. The number of likely N-dealkylation sites (tertiary alicyclic amines) is 1. The number of likely N-dealkylation sites (N-methyl/N-ethyl adjacent to an activating group) is 1. The Labute approximate surface area is 410 Å². The first kappa shape index (κ1) is 57.0. The van der Waals surface area contributed by atoms with Crippen molar-refractivity contribution >= 4 is 41.2 Å². The van der Waals surface area contributed by atoms with Crippen LogP contribution in [0.4, 0.5) is 0 Å². The quantitative estimate of drug-likeness (QED) is 0.0771. The standard InChI is InChI=1S/C52H81N5O12/c1-11-36(4)47(41(65-9)33-46(62)56-24-15-18-40(56)48(66-10)37(5)49(63)53-34-52(22-23-52)38-16-13-12-14-17-38)55(8)50(64)39(35(2)3)32-42(58)51(6,7)54-43(59)21-26-67-28-30-69-31-29-68-27-25-57-44(60)19-20-45(57)61/h12-14,16-17,19-20,35-37,39-41,47-48H,11,15,18,21-34H2,1-10H3,(H,53,63)(H,54,59)/t36-,37+,39-,40-,41+,47-,48+/m0/s1. The van der Waals surface area contributed by atoms with Gasteiger partial charge in [0.2, 0.25) is 23.6 Å². The van der Waals surface area contributed by atoms with Gasteiger partial charge in [0.1, 0.15) is 0 Å². The molecule has 1 aliphatic carbocycles. The second-order valence-corrected chi connectivity index (χ2v) is 19.9. The topological polar surface area (TPSA) is 199 Å². The van der Waals surface area contributed by atoms with E-state index in [1.54, 1.807) is 40.0 Å². The van der Waals surface area contributed by atoms with Crippen molar-refractivity contribution in [2.45, 2.75) is 135 Å². The van der Waals surface area contributed by atoms with E-state index in [2.05, 4.69) is 22.8 Å². The normalized spacial score (nSPS) is 19.3. The fourth-order valence-corrected chi connectivity index (χ4v) is 9.55. The minimum absolute atomic E-state index is 0.0133. The maximum Gasteiger partial charge on any atom is 0.253 e. The van der Waals surface area contributed by atoms with Gasteiger partial charge in [-0.25, -0.2) is 0 Å². The van der Waals surface area contributed by atoms with Crippen LogP contribution in [0.15, 0.2) is 42.5 Å². The number of imide groups is 1. The van der Waals surface area contributed by atoms with Crippen LogP contribution in [0, 0.1) is 23.7 Å². The molecular weight excluding hydrogens is 887 g/mol. The Morgan fingerprint density at radius 1 is 0.855 bits per heavy atom. The third-order valence-corrected chi connectivity index (χ3v) is 14.4. The molecule has 0 spiro atoms. The van der Waals surface area contributed by atoms with Crippen LogP contribution in [0.25, 0.3) is 0 Å². The fourth-order valence-electron chi connectivity index (χ4n) is 9.55. The van der Waals surface area contributed by atoms with Gasteiger partial charge in [-0.3, -0.25) is 38.5 Å². The molecule has 17 heteroatoms. The first-order valence-corrected chi connectivity index (χ1v) is 24.9. The number of hydrogen-bond donors (Lipinski definition) is 2. The molecule has 3 aliphatic rings. The summed E-state index contributed by atoms with van der Waals surface area (Å²) >= 11 is 0. The van der Waals surface area contributed by atoms with Crippen LogP contribution in [0.5, 0.6) is 0 Å². The molecule has 1 aromatic carbocycles. The number of hydrogen-bond acceptors (Lipinski definition) is 12. The highest BCUT2D eigenvalue weighted by molar-refractivity contribution is 6.12. The van der Waals surface area contributed by atoms with Gasteiger partial charge < -0.3 is 44.1 Å². The van der Waals surface area contributed by atoms with Crippen molar-refractivity contribution in [2.24, 2.45) is 23.7 Å². The van der Waals surface area contributed by atoms with Crippen LogP contribution in [0.3, 0.4) is 0 Å². The molecule has 2 heterocycles. The Morgan fingerprint density at radius 2 is 1.46 bits per heavy atom. The monoisotopic (exact) mass is 968 g/mol. The van der Waals surface area contributed by atoms with E-state index < -0.39 is 35.6 Å². The zero-order valence-corrected chi connectivity index (χ0v) is 42.9. The number of nitrogens with zero attached hydrogens (tertiary/aromatic N) is 3. The van der Waals surface area contributed by atoms with Crippen LogP contribution in [-0.4, -0.2) is 166 Å². The number of rotatable bonds is 32. The van der Waals surface area contributed by atoms with Crippen molar-refractivity contribution in [1.29, 1.82) is 0 Å². The Balaban J connectivity index is 1.26. The van der Waals surface area contributed by atoms with Crippen LogP contribution in [-0.2, 0) is 62.7 Å². The van der Waals surface area contributed by atoms with Gasteiger partial charge in [0.05, 0.1) is 88.4 Å². The van der Waals surface area contributed by atoms with E-state index in [1.807, 2.05) is 57.7 Å². The van der Waals surface area contributed by atoms with Gasteiger partial charge in [0.15, 0.2) is 5.78 Å². The van der Waals surface area contributed by atoms with E-state index >= 15 is 0 Å². The lowest BCUT2D eigenvalue weighted by molar-refractivity contribution is -0.149. The molecule has 69 heavy (non-hydrogen) atoms. The lowest BCUT2D eigenvalue weighted by Crippen LogP contribution is -2.55. The number of benzene rings is 1. The summed E-state index contributed by atoms with van der Waals surface area (Å²) < 4.78 is 28.5. The lowest BCUT2D eigenvalue weighted by Gasteiger charge is -2.41. The second kappa shape index (κ2) is 27.2. The molecule has 17 nitrogen and oxygen atoms in total. The van der Waals surface area contributed by atoms with Gasteiger partial charge >= 0.3 is 0 Å². The van der Waals surface area contributed by atoms with Gasteiger partial charge in [-0.1, -0.05) is 71.4 Å². The fraction of sp³-hybridized carbons (Fsp3) is 0.712. The zero-order valence-electron chi connectivity index (χ0n) is 42.9. The average Bonchev–Trinajstić information content (AvgIpc) is 3.85. The highest BCUT2D eigenvalue weighted by Gasteiger charge is 2.46. The third kappa shape index (κ3) is 16.0. The van der Waals surface area contributed by atoms with Crippen molar-refractivity contribution in [3.05, 3.63) is 48.0 Å². The predicted molar refractivity (Wildman–Crippen MR) is 260 cm³/mol. The number of carbonyl (C=O) groups is 7. The highest BCUT2D eigenvalue weighted by Crippen LogP contribution is 2.47. The van der Waals surface area contributed by atoms with Gasteiger partial charge in [-0.15, -0.1) is 0 Å². The largest absolute Gasteiger partial charge is 0.379 e. The summed E-state index contributed by atoms with van der Waals surface area (Å²) in [6, 6.07) is 9.47. The zero-order chi connectivity index (χ0) is 50.9. The van der Waals surface area contributed by atoms with Crippen LogP contribution >= 0.6 is 0 Å². The number of methoxy groups -OCH3 is 2. The molecule has 1 saturated heterocycles. The summed E-state index contributed by atoms with van der Waals surface area (Å²) in [6.45, 7) is 15.6. The molecule has 0 radical (unpaired) electrons. The summed E-state index contributed by atoms with van der Waals surface area (Å²) in [4.78, 5) is 97.1. The van der Waals surface area contributed by atoms with Crippen LogP contribution < -0.4 is 10.6 Å². The average molecular weight is 968 g/mol. The second-order valence-electron chi connectivity index (χ2n) is 19.9. The Kier molecular flexibility index (Phi) is 22.5. The SMILES string of the molecule is CC[C@H](C)[C@@H]([C@@H](CC(=O)N1CCC[C@H]1[C@H](OC)[C@@H](C)C(=O)NCC1(c2ccccc2)CC1)OC)N(C)C(=O)[C@@H](CC(=O)C(C)(C)NC(=O)CCOCCOCCOCCN1C(=O)C=CC1=O)C(C)C. The Hall–Kier alpha value is -4.55. The maximum absolute atomic E-state index is 14.5. The van der Waals surface area contributed by atoms with E-state index in [9.17, 15) is 33.6 Å². The first-order chi connectivity index (χ1) is 32.8. The van der Waals surface area contributed by atoms with Crippen LogP contribution in [0.2, 0.25) is 0 Å². The molecule has 7 atom stereocenters. The van der Waals surface area contributed by atoms with E-state index in [-0.39, 0.29) is 130 Å². The number of ketones is 1. The third-order valence-electron chi connectivity index (χ3n) is 14.4. The molecule has 4 rings (SSSR count). The number of nitrogens with one attached hydrogen (secondary N) is 2. The molecule has 2 aliphatic heterocycles. The smallest absolute Gasteiger partial charge is 0.253 e. The van der Waals surface area contributed by atoms with E-state index in [1.165, 1.54) is 17.7 Å². The molecule has 0 bridgehead atoms. The summed E-state index contributed by atoms with van der Waals surface area (Å²) in [7, 11) is 4.86. The minimum atomic E-state index is -1.26. The predicted octanol–water partition coefficient (Wildman–Crippen LogP) is 4.25. The molecule has 2 fully saturated rings. The minimum Gasteiger partial charge on any atom is -0.379 e. The Morgan fingerprint density at radius 3 is 2.03 bits per heavy atom. The molecule has 0 aromatic heterocycles. The summed E-state index contributed by atoms with van der Waals surface area (Å²) in [5.74, 6) is -3.34. The molecule has 2 N–H and O–H groups in total. The van der Waals surface area contributed by atoms with Crippen molar-refractivity contribution in [2.75, 3.05) is 80.5 Å². The van der Waals surface area contributed by atoms with Gasteiger partial charge in [0.25, 0.3) is 11.8 Å². The van der Waals surface area contributed by atoms with Crippen molar-refractivity contribution in [3.8, 4) is 0 Å². The van der Waals surface area contributed by atoms with Gasteiger partial charge in [-0.2, -0.15) is 0 Å². The summed E-state index contributed by atoms with van der Waals surface area (Å²) in [5.41, 5.74) is -0.0726. The molecule has 6 amide bonds. The molecule has 386 valence electrons. The van der Waals surface area contributed by atoms with Crippen molar-refractivity contribution in [3.63, 3.8) is 0 Å². The van der Waals surface area contributed by atoms with E-state index in [4.69, 9.17) is 23.7 Å². The summed E-state index contributed by atoms with van der Waals surface area (Å²) in [5, 5.41) is 6.01. The number of ether oxygens (including phenoxy) is 5. The molecule has 1 aromatic rings. The van der Waals surface area contributed by atoms with Gasteiger partial charge in [0, 0.05) is 70.7 Å². The van der Waals surface area contributed by atoms with E-state index in [0.717, 1.165) is 24.2 Å². The van der Waals surface area contributed by atoms with Gasteiger partial charge in [-0.05, 0) is 56.9 Å². The number of Topliss-reactive ketones (excluding diaryl/α,β-unsaturated/α-hetero) is 1. The lowest BCUT2D eigenvalue weighted by atomic mass is 9.82. The molecule has 0 unspecified atom stereocenters. The maximum atomic E-state index is 14.5. The molecular formula is C52H81N5O12. The highest BCUT2D eigenvalue weighted by atomic mass is 16.5.